The van der Waals surface area contributed by atoms with Gasteiger partial charge in [0.05, 0.1) is 27.2 Å². The van der Waals surface area contributed by atoms with Crippen LogP contribution in [0, 0.1) is 0 Å². The molecule has 0 radical (unpaired) electrons. The van der Waals surface area contributed by atoms with Crippen LogP contribution in [0.2, 0.25) is 0 Å². The van der Waals surface area contributed by atoms with Crippen LogP contribution in [0.15, 0.2) is 18.2 Å². The summed E-state index contributed by atoms with van der Waals surface area (Å²) in [6, 6.07) is 4.76. The van der Waals surface area contributed by atoms with E-state index in [4.69, 9.17) is 9.47 Å². The average Bonchev–Trinajstić information content (AvgIpc) is 2.42. The SMILES string of the molecule is COc1cc(NC(=O)CCOCC(F)(F)F)cc(OC)c1. The number of alkyl halides is 3. The van der Waals surface area contributed by atoms with Crippen molar-refractivity contribution in [2.24, 2.45) is 0 Å². The molecule has 21 heavy (non-hydrogen) atoms. The summed E-state index contributed by atoms with van der Waals surface area (Å²) < 4.78 is 49.9. The first-order valence-corrected chi connectivity index (χ1v) is 6.01. The summed E-state index contributed by atoms with van der Waals surface area (Å²) in [6.45, 7) is -1.68. The van der Waals surface area contributed by atoms with Crippen molar-refractivity contribution >= 4 is 11.6 Å². The summed E-state index contributed by atoms with van der Waals surface area (Å²) in [5, 5.41) is 2.53. The molecule has 0 bridgehead atoms. The Morgan fingerprint density at radius 2 is 1.71 bits per heavy atom. The van der Waals surface area contributed by atoms with E-state index in [2.05, 4.69) is 10.1 Å². The van der Waals surface area contributed by atoms with Gasteiger partial charge in [0.25, 0.3) is 0 Å². The summed E-state index contributed by atoms with van der Waals surface area (Å²) in [4.78, 5) is 11.6. The van der Waals surface area contributed by atoms with Gasteiger partial charge in [0.2, 0.25) is 5.91 Å². The molecule has 1 N–H and O–H groups in total. The van der Waals surface area contributed by atoms with Crippen molar-refractivity contribution in [3.63, 3.8) is 0 Å². The molecule has 0 aliphatic rings. The third-order valence-electron chi connectivity index (χ3n) is 2.37. The smallest absolute Gasteiger partial charge is 0.411 e. The Kier molecular flexibility index (Phi) is 6.29. The molecule has 5 nitrogen and oxygen atoms in total. The number of halogens is 3. The molecule has 8 heteroatoms. The maximum atomic E-state index is 11.8. The lowest BCUT2D eigenvalue weighted by atomic mass is 10.2. The van der Waals surface area contributed by atoms with Gasteiger partial charge < -0.3 is 19.5 Å². The second-order valence-corrected chi connectivity index (χ2v) is 4.07. The highest BCUT2D eigenvalue weighted by Crippen LogP contribution is 2.25. The van der Waals surface area contributed by atoms with Crippen molar-refractivity contribution in [1.82, 2.24) is 0 Å². The fourth-order valence-electron chi connectivity index (χ4n) is 1.46. The number of nitrogens with one attached hydrogen (secondary N) is 1. The zero-order valence-corrected chi connectivity index (χ0v) is 11.6. The minimum Gasteiger partial charge on any atom is -0.497 e. The number of ether oxygens (including phenoxy) is 3. The van der Waals surface area contributed by atoms with E-state index >= 15 is 0 Å². The largest absolute Gasteiger partial charge is 0.497 e. The van der Waals surface area contributed by atoms with Crippen molar-refractivity contribution in [3.05, 3.63) is 18.2 Å². The van der Waals surface area contributed by atoms with Crippen molar-refractivity contribution < 1.29 is 32.2 Å². The van der Waals surface area contributed by atoms with Crippen molar-refractivity contribution in [3.8, 4) is 11.5 Å². The molecule has 1 aromatic carbocycles. The molecule has 0 unspecified atom stereocenters. The van der Waals surface area contributed by atoms with E-state index in [-0.39, 0.29) is 13.0 Å². The first-order valence-electron chi connectivity index (χ1n) is 6.01. The van der Waals surface area contributed by atoms with E-state index in [1.54, 1.807) is 18.2 Å². The molecule has 0 heterocycles. The number of carbonyl (C=O) groups excluding carboxylic acids is 1. The number of rotatable bonds is 7. The van der Waals surface area contributed by atoms with Gasteiger partial charge >= 0.3 is 6.18 Å². The Balaban J connectivity index is 2.47. The first-order chi connectivity index (χ1) is 9.84. The van der Waals surface area contributed by atoms with Crippen molar-refractivity contribution in [1.29, 1.82) is 0 Å². The molecule has 118 valence electrons. The number of hydrogen-bond acceptors (Lipinski definition) is 4. The van der Waals surface area contributed by atoms with Crippen LogP contribution < -0.4 is 14.8 Å². The molecule has 0 aliphatic carbocycles. The summed E-state index contributed by atoms with van der Waals surface area (Å²) in [6.07, 6.45) is -4.58. The summed E-state index contributed by atoms with van der Waals surface area (Å²) in [7, 11) is 2.93. The van der Waals surface area contributed by atoms with Crippen LogP contribution in [0.4, 0.5) is 18.9 Å². The van der Waals surface area contributed by atoms with Gasteiger partial charge in [-0.1, -0.05) is 0 Å². The Hall–Kier alpha value is -1.96. The van der Waals surface area contributed by atoms with Gasteiger partial charge in [0, 0.05) is 23.9 Å². The fourth-order valence-corrected chi connectivity index (χ4v) is 1.46. The Labute approximate surface area is 120 Å². The van der Waals surface area contributed by atoms with Crippen LogP contribution in [0.1, 0.15) is 6.42 Å². The third kappa shape index (κ3) is 6.84. The van der Waals surface area contributed by atoms with E-state index < -0.39 is 18.7 Å². The van der Waals surface area contributed by atoms with E-state index in [0.717, 1.165) is 0 Å². The quantitative estimate of drug-likeness (QED) is 0.787. The van der Waals surface area contributed by atoms with Gasteiger partial charge in [0.1, 0.15) is 18.1 Å². The minimum atomic E-state index is -4.39. The first kappa shape index (κ1) is 17.1. The molecule has 1 aromatic rings. The van der Waals surface area contributed by atoms with Gasteiger partial charge in [-0.2, -0.15) is 13.2 Å². The van der Waals surface area contributed by atoms with Gasteiger partial charge in [-0.25, -0.2) is 0 Å². The highest BCUT2D eigenvalue weighted by atomic mass is 19.4. The van der Waals surface area contributed by atoms with Crippen LogP contribution in [0.5, 0.6) is 11.5 Å². The van der Waals surface area contributed by atoms with E-state index in [1.165, 1.54) is 14.2 Å². The van der Waals surface area contributed by atoms with Crippen LogP contribution in [0.25, 0.3) is 0 Å². The predicted octanol–water partition coefficient (Wildman–Crippen LogP) is 2.61. The van der Waals surface area contributed by atoms with Crippen LogP contribution in [-0.4, -0.2) is 39.5 Å². The lowest BCUT2D eigenvalue weighted by Gasteiger charge is -2.10. The topological polar surface area (TPSA) is 56.8 Å². The molecular formula is C13H16F3NO4. The molecule has 1 rings (SSSR count). The standard InChI is InChI=1S/C13H16F3NO4/c1-19-10-5-9(6-11(7-10)20-2)17-12(18)3-4-21-8-13(14,15)16/h5-7H,3-4,8H2,1-2H3,(H,17,18). The molecule has 0 saturated heterocycles. The van der Waals surface area contributed by atoms with Crippen molar-refractivity contribution in [2.75, 3.05) is 32.8 Å². The maximum absolute atomic E-state index is 11.8. The Bertz CT molecular complexity index is 455. The van der Waals surface area contributed by atoms with Gasteiger partial charge in [-0.3, -0.25) is 4.79 Å². The highest BCUT2D eigenvalue weighted by Gasteiger charge is 2.27. The molecule has 0 saturated carbocycles. The Morgan fingerprint density at radius 1 is 1.14 bits per heavy atom. The molecule has 0 aliphatic heterocycles. The van der Waals surface area contributed by atoms with Crippen molar-refractivity contribution in [2.45, 2.75) is 12.6 Å². The monoisotopic (exact) mass is 307 g/mol. The second kappa shape index (κ2) is 7.72. The summed E-state index contributed by atoms with van der Waals surface area (Å²) >= 11 is 0. The second-order valence-electron chi connectivity index (χ2n) is 4.07. The number of anilines is 1. The zero-order valence-electron chi connectivity index (χ0n) is 11.6. The number of benzene rings is 1. The van der Waals surface area contributed by atoms with E-state index in [1.807, 2.05) is 0 Å². The zero-order chi connectivity index (χ0) is 15.9. The van der Waals surface area contributed by atoms with Crippen LogP contribution in [-0.2, 0) is 9.53 Å². The predicted molar refractivity (Wildman–Crippen MR) is 69.7 cm³/mol. The number of hydrogen-bond donors (Lipinski definition) is 1. The molecular weight excluding hydrogens is 291 g/mol. The van der Waals surface area contributed by atoms with E-state index in [0.29, 0.717) is 17.2 Å². The van der Waals surface area contributed by atoms with Gasteiger partial charge in [0.15, 0.2) is 0 Å². The number of amides is 1. The number of methoxy groups -OCH3 is 2. The lowest BCUT2D eigenvalue weighted by Crippen LogP contribution is -2.20. The highest BCUT2D eigenvalue weighted by molar-refractivity contribution is 5.91. The molecule has 1 amide bonds. The summed E-state index contributed by atoms with van der Waals surface area (Å²) in [5.41, 5.74) is 0.423. The lowest BCUT2D eigenvalue weighted by molar-refractivity contribution is -0.174. The fraction of sp³-hybridized carbons (Fsp3) is 0.462. The van der Waals surface area contributed by atoms with Gasteiger partial charge in [-0.05, 0) is 0 Å². The Morgan fingerprint density at radius 3 is 2.19 bits per heavy atom. The third-order valence-corrected chi connectivity index (χ3v) is 2.37. The average molecular weight is 307 g/mol. The molecule has 0 fully saturated rings. The van der Waals surface area contributed by atoms with E-state index in [9.17, 15) is 18.0 Å². The molecule has 0 atom stereocenters. The molecule has 0 aromatic heterocycles. The maximum Gasteiger partial charge on any atom is 0.411 e. The molecule has 0 spiro atoms. The number of carbonyl (C=O) groups is 1. The van der Waals surface area contributed by atoms with Crippen LogP contribution in [0.3, 0.4) is 0 Å². The summed E-state index contributed by atoms with van der Waals surface area (Å²) in [5.74, 6) is 0.503. The van der Waals surface area contributed by atoms with Gasteiger partial charge in [-0.15, -0.1) is 0 Å². The minimum absolute atomic E-state index is 0.185. The normalized spacial score (nSPS) is 11.1. The van der Waals surface area contributed by atoms with Crippen LogP contribution >= 0.6 is 0 Å².